The molecule has 0 aliphatic heterocycles. The van der Waals surface area contributed by atoms with Gasteiger partial charge in [0, 0.05) is 23.7 Å². The van der Waals surface area contributed by atoms with Crippen LogP contribution in [0.5, 0.6) is 11.5 Å². The molecule has 9 nitrogen and oxygen atoms in total. The summed E-state index contributed by atoms with van der Waals surface area (Å²) >= 11 is 6.42. The molecule has 226 valence electrons. The van der Waals surface area contributed by atoms with Crippen molar-refractivity contribution >= 4 is 39.1 Å². The minimum absolute atomic E-state index is 0.00570. The quantitative estimate of drug-likeness (QED) is 0.284. The van der Waals surface area contributed by atoms with Crippen molar-refractivity contribution in [1.82, 2.24) is 10.2 Å². The van der Waals surface area contributed by atoms with Gasteiger partial charge in [-0.2, -0.15) is 0 Å². The van der Waals surface area contributed by atoms with Gasteiger partial charge in [-0.25, -0.2) is 8.42 Å². The SMILES string of the molecule is CCC(C)NC(=O)C(C)N(Cc1ccccc1Cl)C(=O)CN(c1ccc(C)cc1)S(=O)(=O)c1ccc(OC)c(OC)c1. The monoisotopic (exact) mass is 615 g/mol. The predicted molar refractivity (Wildman–Crippen MR) is 165 cm³/mol. The third-order valence-corrected chi connectivity index (χ3v) is 9.15. The molecule has 42 heavy (non-hydrogen) atoms. The number of sulfonamides is 1. The van der Waals surface area contributed by atoms with Gasteiger partial charge in [0.2, 0.25) is 11.8 Å². The van der Waals surface area contributed by atoms with Gasteiger partial charge in [-0.1, -0.05) is 54.4 Å². The Morgan fingerprint density at radius 3 is 2.19 bits per heavy atom. The molecule has 3 rings (SSSR count). The maximum atomic E-state index is 14.1. The number of nitrogens with one attached hydrogen (secondary N) is 1. The Labute approximate surface area is 253 Å². The summed E-state index contributed by atoms with van der Waals surface area (Å²) < 4.78 is 39.8. The zero-order chi connectivity index (χ0) is 31.0. The van der Waals surface area contributed by atoms with Gasteiger partial charge in [0.05, 0.1) is 24.8 Å². The second kappa shape index (κ2) is 14.4. The summed E-state index contributed by atoms with van der Waals surface area (Å²) in [5.41, 5.74) is 1.84. The van der Waals surface area contributed by atoms with E-state index in [9.17, 15) is 18.0 Å². The summed E-state index contributed by atoms with van der Waals surface area (Å²) in [4.78, 5) is 28.5. The molecule has 3 aromatic carbocycles. The Bertz CT molecular complexity index is 1500. The number of nitrogens with zero attached hydrogens (tertiary/aromatic N) is 2. The number of hydrogen-bond donors (Lipinski definition) is 1. The maximum Gasteiger partial charge on any atom is 0.264 e. The molecule has 0 fully saturated rings. The van der Waals surface area contributed by atoms with Crippen LogP contribution in [-0.2, 0) is 26.2 Å². The number of amides is 2. The summed E-state index contributed by atoms with van der Waals surface area (Å²) in [6.07, 6.45) is 0.710. The molecule has 0 aliphatic rings. The second-order valence-electron chi connectivity index (χ2n) is 9.97. The highest BCUT2D eigenvalue weighted by Gasteiger charge is 2.33. The van der Waals surface area contributed by atoms with Crippen molar-refractivity contribution in [1.29, 1.82) is 0 Å². The number of carbonyl (C=O) groups excluding carboxylic acids is 2. The number of methoxy groups -OCH3 is 2. The van der Waals surface area contributed by atoms with Crippen molar-refractivity contribution in [2.75, 3.05) is 25.1 Å². The minimum Gasteiger partial charge on any atom is -0.493 e. The van der Waals surface area contributed by atoms with E-state index in [4.69, 9.17) is 21.1 Å². The lowest BCUT2D eigenvalue weighted by atomic mass is 10.1. The van der Waals surface area contributed by atoms with E-state index in [1.807, 2.05) is 20.8 Å². The van der Waals surface area contributed by atoms with Crippen LogP contribution < -0.4 is 19.1 Å². The number of aryl methyl sites for hydroxylation is 1. The fourth-order valence-electron chi connectivity index (χ4n) is 4.20. The molecule has 0 spiro atoms. The van der Waals surface area contributed by atoms with Gasteiger partial charge in [0.15, 0.2) is 11.5 Å². The summed E-state index contributed by atoms with van der Waals surface area (Å²) in [6.45, 7) is 6.76. The first kappa shape index (κ1) is 32.8. The fourth-order valence-corrected chi connectivity index (χ4v) is 5.83. The number of anilines is 1. The summed E-state index contributed by atoms with van der Waals surface area (Å²) in [5, 5.41) is 3.34. The van der Waals surface area contributed by atoms with Crippen LogP contribution in [0.2, 0.25) is 5.02 Å². The molecule has 2 amide bonds. The van der Waals surface area contributed by atoms with Crippen LogP contribution in [0.25, 0.3) is 0 Å². The standard InChI is InChI=1S/C31H38ClN3O6S/c1-7-22(3)33-31(37)23(4)34(19-24-10-8-9-11-27(24)32)30(36)20-35(25-14-12-21(2)13-15-25)42(38,39)26-16-17-28(40-5)29(18-26)41-6/h8-18,22-23H,7,19-20H2,1-6H3,(H,33,37). The Morgan fingerprint density at radius 2 is 1.60 bits per heavy atom. The molecular weight excluding hydrogens is 578 g/mol. The summed E-state index contributed by atoms with van der Waals surface area (Å²) in [7, 11) is -1.41. The number of halogens is 1. The van der Waals surface area contributed by atoms with E-state index >= 15 is 0 Å². The van der Waals surface area contributed by atoms with Gasteiger partial charge in [-0.05, 0) is 63.1 Å². The average Bonchev–Trinajstić information content (AvgIpc) is 2.98. The molecule has 1 N–H and O–H groups in total. The summed E-state index contributed by atoms with van der Waals surface area (Å²) in [6, 6.07) is 17.0. The van der Waals surface area contributed by atoms with Crippen LogP contribution in [0.15, 0.2) is 71.6 Å². The minimum atomic E-state index is -4.28. The highest BCUT2D eigenvalue weighted by molar-refractivity contribution is 7.92. The zero-order valence-electron chi connectivity index (χ0n) is 24.8. The van der Waals surface area contributed by atoms with Crippen molar-refractivity contribution in [2.45, 2.75) is 57.6 Å². The third kappa shape index (κ3) is 7.74. The molecule has 2 unspecified atom stereocenters. The number of hydrogen-bond acceptors (Lipinski definition) is 6. The maximum absolute atomic E-state index is 14.1. The lowest BCUT2D eigenvalue weighted by molar-refractivity contribution is -0.139. The van der Waals surface area contributed by atoms with E-state index in [-0.39, 0.29) is 34.8 Å². The van der Waals surface area contributed by atoms with Crippen LogP contribution in [0.3, 0.4) is 0 Å². The Kier molecular flexibility index (Phi) is 11.2. The van der Waals surface area contributed by atoms with E-state index in [2.05, 4.69) is 5.32 Å². The number of carbonyl (C=O) groups is 2. The zero-order valence-corrected chi connectivity index (χ0v) is 26.3. The molecule has 0 saturated carbocycles. The van der Waals surface area contributed by atoms with Crippen LogP contribution in [0, 0.1) is 6.92 Å². The van der Waals surface area contributed by atoms with Gasteiger partial charge in [0.1, 0.15) is 12.6 Å². The van der Waals surface area contributed by atoms with Crippen molar-refractivity contribution < 1.29 is 27.5 Å². The molecule has 0 bridgehead atoms. The molecule has 0 radical (unpaired) electrons. The lowest BCUT2D eigenvalue weighted by Crippen LogP contribution is -2.52. The number of benzene rings is 3. The van der Waals surface area contributed by atoms with Crippen LogP contribution in [-0.4, -0.2) is 58.0 Å². The summed E-state index contributed by atoms with van der Waals surface area (Å²) in [5.74, 6) is -0.341. The van der Waals surface area contributed by atoms with Gasteiger partial charge >= 0.3 is 0 Å². The second-order valence-corrected chi connectivity index (χ2v) is 12.2. The third-order valence-electron chi connectivity index (χ3n) is 7.01. The molecule has 0 heterocycles. The Hall–Kier alpha value is -3.76. The topological polar surface area (TPSA) is 105 Å². The first-order valence-corrected chi connectivity index (χ1v) is 15.4. The van der Waals surface area contributed by atoms with Gasteiger partial charge < -0.3 is 19.7 Å². The first-order valence-electron chi connectivity index (χ1n) is 13.6. The van der Waals surface area contributed by atoms with Crippen molar-refractivity contribution in [2.24, 2.45) is 0 Å². The van der Waals surface area contributed by atoms with E-state index in [1.54, 1.807) is 55.5 Å². The van der Waals surface area contributed by atoms with Gasteiger partial charge in [0.25, 0.3) is 10.0 Å². The van der Waals surface area contributed by atoms with Crippen LogP contribution >= 0.6 is 11.6 Å². The van der Waals surface area contributed by atoms with Crippen LogP contribution in [0.4, 0.5) is 5.69 Å². The van der Waals surface area contributed by atoms with E-state index in [0.717, 1.165) is 9.87 Å². The van der Waals surface area contributed by atoms with Gasteiger partial charge in [-0.3, -0.25) is 13.9 Å². The van der Waals surface area contributed by atoms with Crippen molar-refractivity contribution in [3.8, 4) is 11.5 Å². The fraction of sp³-hybridized carbons (Fsp3) is 0.355. The largest absolute Gasteiger partial charge is 0.493 e. The molecular formula is C31H38ClN3O6S. The molecule has 2 atom stereocenters. The molecule has 0 aromatic heterocycles. The van der Waals surface area contributed by atoms with Crippen molar-refractivity contribution in [3.05, 3.63) is 82.9 Å². The lowest BCUT2D eigenvalue weighted by Gasteiger charge is -2.32. The number of rotatable bonds is 13. The van der Waals surface area contributed by atoms with E-state index in [0.29, 0.717) is 22.8 Å². The highest BCUT2D eigenvalue weighted by atomic mass is 35.5. The smallest absolute Gasteiger partial charge is 0.264 e. The van der Waals surface area contributed by atoms with E-state index in [1.165, 1.54) is 37.3 Å². The van der Waals surface area contributed by atoms with Gasteiger partial charge in [-0.15, -0.1) is 0 Å². The predicted octanol–water partition coefficient (Wildman–Crippen LogP) is 5.19. The Morgan fingerprint density at radius 1 is 0.952 bits per heavy atom. The normalized spacial score (nSPS) is 12.6. The Balaban J connectivity index is 2.07. The molecule has 3 aromatic rings. The number of ether oxygens (including phenoxy) is 2. The molecule has 0 aliphatic carbocycles. The molecule has 0 saturated heterocycles. The van der Waals surface area contributed by atoms with Crippen molar-refractivity contribution in [3.63, 3.8) is 0 Å². The molecule has 11 heteroatoms. The average molecular weight is 616 g/mol. The van der Waals surface area contributed by atoms with E-state index < -0.39 is 28.5 Å². The first-order chi connectivity index (χ1) is 19.9. The highest BCUT2D eigenvalue weighted by Crippen LogP contribution is 2.32. The van der Waals surface area contributed by atoms with Crippen LogP contribution in [0.1, 0.15) is 38.3 Å².